The number of nitrogens with one attached hydrogen (secondary N) is 1. The minimum atomic E-state index is -0.881. The molecule has 0 aliphatic rings. The van der Waals surface area contributed by atoms with Crippen molar-refractivity contribution in [3.63, 3.8) is 0 Å². The number of nitrogens with zero attached hydrogens (tertiary/aromatic N) is 2. The van der Waals surface area contributed by atoms with Gasteiger partial charge in [-0.1, -0.05) is 23.7 Å². The fourth-order valence-corrected chi connectivity index (χ4v) is 4.34. The molecule has 33 heavy (non-hydrogen) atoms. The van der Waals surface area contributed by atoms with E-state index in [1.807, 2.05) is 0 Å². The monoisotopic (exact) mass is 489 g/mol. The number of thiophene rings is 1. The summed E-state index contributed by atoms with van der Waals surface area (Å²) in [5, 5.41) is 8.01. The SMILES string of the molecule is CCOC(=O)c1nn(-c2cccc(F)c2)c(=O)c2c(NC(=O)c3c(F)cccc3Cl)scc12. The third-order valence-corrected chi connectivity index (χ3v) is 5.80. The molecule has 0 aliphatic carbocycles. The molecule has 1 amide bonds. The summed E-state index contributed by atoms with van der Waals surface area (Å²) in [6, 6.07) is 8.85. The first kappa shape index (κ1) is 22.6. The molecule has 0 saturated carbocycles. The van der Waals surface area contributed by atoms with Crippen LogP contribution in [0.15, 0.2) is 52.6 Å². The van der Waals surface area contributed by atoms with E-state index >= 15 is 0 Å². The average Bonchev–Trinajstić information content (AvgIpc) is 3.18. The smallest absolute Gasteiger partial charge is 0.359 e. The van der Waals surface area contributed by atoms with Gasteiger partial charge in [-0.05, 0) is 37.3 Å². The van der Waals surface area contributed by atoms with Crippen molar-refractivity contribution >= 4 is 50.6 Å². The number of hydrogen-bond donors (Lipinski definition) is 1. The Morgan fingerprint density at radius 1 is 1.21 bits per heavy atom. The second-order valence-corrected chi connectivity index (χ2v) is 7.96. The topological polar surface area (TPSA) is 90.3 Å². The van der Waals surface area contributed by atoms with Crippen molar-refractivity contribution in [2.75, 3.05) is 11.9 Å². The zero-order valence-corrected chi connectivity index (χ0v) is 18.5. The normalized spacial score (nSPS) is 10.9. The van der Waals surface area contributed by atoms with Gasteiger partial charge in [0.1, 0.15) is 16.6 Å². The van der Waals surface area contributed by atoms with Crippen LogP contribution < -0.4 is 10.9 Å². The van der Waals surface area contributed by atoms with Crippen LogP contribution in [-0.4, -0.2) is 28.3 Å². The summed E-state index contributed by atoms with van der Waals surface area (Å²) < 4.78 is 33.9. The number of fused-ring (bicyclic) bond motifs is 1. The molecule has 168 valence electrons. The molecule has 0 aliphatic heterocycles. The molecule has 0 unspecified atom stereocenters. The predicted molar refractivity (Wildman–Crippen MR) is 120 cm³/mol. The number of anilines is 1. The molecular weight excluding hydrogens is 476 g/mol. The van der Waals surface area contributed by atoms with E-state index in [0.29, 0.717) is 0 Å². The lowest BCUT2D eigenvalue weighted by Crippen LogP contribution is -2.25. The number of carbonyl (C=O) groups is 2. The van der Waals surface area contributed by atoms with Gasteiger partial charge >= 0.3 is 5.97 Å². The van der Waals surface area contributed by atoms with Gasteiger partial charge < -0.3 is 10.1 Å². The Balaban J connectivity index is 1.91. The molecule has 0 saturated heterocycles. The highest BCUT2D eigenvalue weighted by Crippen LogP contribution is 2.32. The molecular formula is C22H14ClF2N3O4S. The molecule has 0 fully saturated rings. The van der Waals surface area contributed by atoms with Crippen LogP contribution in [0.3, 0.4) is 0 Å². The van der Waals surface area contributed by atoms with Crippen molar-refractivity contribution < 1.29 is 23.1 Å². The first-order valence-corrected chi connectivity index (χ1v) is 10.8. The van der Waals surface area contributed by atoms with E-state index in [4.69, 9.17) is 16.3 Å². The fourth-order valence-electron chi connectivity index (χ4n) is 3.16. The summed E-state index contributed by atoms with van der Waals surface area (Å²) in [5.74, 6) is -3.15. The van der Waals surface area contributed by atoms with Crippen molar-refractivity contribution in [2.24, 2.45) is 0 Å². The van der Waals surface area contributed by atoms with Crippen molar-refractivity contribution in [2.45, 2.75) is 6.92 Å². The minimum absolute atomic E-state index is 0.0393. The van der Waals surface area contributed by atoms with E-state index < -0.39 is 34.6 Å². The molecule has 11 heteroatoms. The highest BCUT2D eigenvalue weighted by Gasteiger charge is 2.24. The van der Waals surface area contributed by atoms with Crippen molar-refractivity contribution in [1.29, 1.82) is 0 Å². The van der Waals surface area contributed by atoms with Crippen LogP contribution in [0.25, 0.3) is 16.5 Å². The van der Waals surface area contributed by atoms with Crippen LogP contribution in [0.1, 0.15) is 27.8 Å². The average molecular weight is 490 g/mol. The van der Waals surface area contributed by atoms with E-state index in [-0.39, 0.29) is 38.8 Å². The molecule has 7 nitrogen and oxygen atoms in total. The molecule has 0 spiro atoms. The summed E-state index contributed by atoms with van der Waals surface area (Å²) in [7, 11) is 0. The van der Waals surface area contributed by atoms with Crippen LogP contribution in [0.4, 0.5) is 13.8 Å². The van der Waals surface area contributed by atoms with Gasteiger partial charge in [-0.25, -0.2) is 13.6 Å². The van der Waals surface area contributed by atoms with Crippen LogP contribution in [-0.2, 0) is 4.74 Å². The zero-order valence-electron chi connectivity index (χ0n) is 16.9. The van der Waals surface area contributed by atoms with E-state index in [1.165, 1.54) is 35.7 Å². The van der Waals surface area contributed by atoms with Gasteiger partial charge in [0, 0.05) is 10.8 Å². The molecule has 2 aromatic carbocycles. The molecule has 0 atom stereocenters. The number of benzene rings is 2. The van der Waals surface area contributed by atoms with Gasteiger partial charge in [0.2, 0.25) is 0 Å². The largest absolute Gasteiger partial charge is 0.461 e. The highest BCUT2D eigenvalue weighted by atomic mass is 35.5. The van der Waals surface area contributed by atoms with E-state index in [9.17, 15) is 23.2 Å². The van der Waals surface area contributed by atoms with Crippen LogP contribution >= 0.6 is 22.9 Å². The lowest BCUT2D eigenvalue weighted by atomic mass is 10.2. The lowest BCUT2D eigenvalue weighted by molar-refractivity contribution is 0.0520. The Hall–Kier alpha value is -3.63. The van der Waals surface area contributed by atoms with Crippen LogP contribution in [0, 0.1) is 11.6 Å². The van der Waals surface area contributed by atoms with Gasteiger partial charge in [0.05, 0.1) is 28.3 Å². The first-order chi connectivity index (χ1) is 15.8. The summed E-state index contributed by atoms with van der Waals surface area (Å²) in [5.41, 5.74) is -1.25. The third-order valence-electron chi connectivity index (χ3n) is 4.59. The van der Waals surface area contributed by atoms with E-state index in [1.54, 1.807) is 6.92 Å². The van der Waals surface area contributed by atoms with Gasteiger partial charge in [-0.2, -0.15) is 9.78 Å². The molecule has 4 aromatic rings. The summed E-state index contributed by atoms with van der Waals surface area (Å²) in [6.07, 6.45) is 0. The number of aromatic nitrogens is 2. The van der Waals surface area contributed by atoms with Gasteiger partial charge in [-0.3, -0.25) is 9.59 Å². The molecule has 0 bridgehead atoms. The number of halogens is 3. The fraction of sp³-hybridized carbons (Fsp3) is 0.0909. The third kappa shape index (κ3) is 4.22. The standard InChI is InChI=1S/C22H14ClF2N3O4S/c1-2-32-22(31)18-13-10-33-20(26-19(29)17-14(23)7-4-8-15(17)25)16(13)21(30)28(27-18)12-6-3-5-11(24)9-12/h3-10H,2H2,1H3,(H,26,29). The Kier molecular flexibility index (Phi) is 6.21. The second-order valence-electron chi connectivity index (χ2n) is 6.67. The summed E-state index contributed by atoms with van der Waals surface area (Å²) >= 11 is 6.90. The number of rotatable bonds is 5. The van der Waals surface area contributed by atoms with Gasteiger partial charge in [0.25, 0.3) is 11.5 Å². The Morgan fingerprint density at radius 3 is 2.67 bits per heavy atom. The number of esters is 1. The second kappa shape index (κ2) is 9.08. The summed E-state index contributed by atoms with van der Waals surface area (Å²) in [4.78, 5) is 38.6. The van der Waals surface area contributed by atoms with Gasteiger partial charge in [-0.15, -0.1) is 11.3 Å². The van der Waals surface area contributed by atoms with Crippen molar-refractivity contribution in [3.8, 4) is 5.69 Å². The van der Waals surface area contributed by atoms with E-state index in [2.05, 4.69) is 10.4 Å². The Labute approximate surface area is 194 Å². The molecule has 1 N–H and O–H groups in total. The van der Waals surface area contributed by atoms with Crippen molar-refractivity contribution in [1.82, 2.24) is 9.78 Å². The Bertz CT molecular complexity index is 1450. The van der Waals surface area contributed by atoms with Gasteiger partial charge in [0.15, 0.2) is 5.69 Å². The molecule has 0 radical (unpaired) electrons. The number of amides is 1. The number of carbonyl (C=O) groups excluding carboxylic acids is 2. The maximum atomic E-state index is 14.2. The summed E-state index contributed by atoms with van der Waals surface area (Å²) in [6.45, 7) is 1.66. The lowest BCUT2D eigenvalue weighted by Gasteiger charge is -2.10. The van der Waals surface area contributed by atoms with Crippen LogP contribution in [0.2, 0.25) is 5.02 Å². The molecule has 2 aromatic heterocycles. The maximum absolute atomic E-state index is 14.2. The number of hydrogen-bond acceptors (Lipinski definition) is 6. The first-order valence-electron chi connectivity index (χ1n) is 9.54. The highest BCUT2D eigenvalue weighted by molar-refractivity contribution is 7.16. The van der Waals surface area contributed by atoms with Crippen molar-refractivity contribution in [3.05, 3.63) is 86.1 Å². The molecule has 2 heterocycles. The zero-order chi connectivity index (χ0) is 23.7. The maximum Gasteiger partial charge on any atom is 0.359 e. The quantitative estimate of drug-likeness (QED) is 0.406. The predicted octanol–water partition coefficient (Wildman–Crippen LogP) is 4.81. The Morgan fingerprint density at radius 2 is 1.97 bits per heavy atom. The van der Waals surface area contributed by atoms with Crippen LogP contribution in [0.5, 0.6) is 0 Å². The minimum Gasteiger partial charge on any atom is -0.461 e. The number of ether oxygens (including phenoxy) is 1. The molecule has 4 rings (SSSR count). The van der Waals surface area contributed by atoms with E-state index in [0.717, 1.165) is 28.2 Å².